The van der Waals surface area contributed by atoms with Crippen LogP contribution >= 0.6 is 0 Å². The summed E-state index contributed by atoms with van der Waals surface area (Å²) in [5.41, 5.74) is -1.56. The van der Waals surface area contributed by atoms with Gasteiger partial charge in [-0.05, 0) is 81.6 Å². The first-order valence-electron chi connectivity index (χ1n) is 30.3. The van der Waals surface area contributed by atoms with Gasteiger partial charge in [-0.2, -0.15) is 26.3 Å². The van der Waals surface area contributed by atoms with Crippen LogP contribution < -0.4 is 24.2 Å². The van der Waals surface area contributed by atoms with Gasteiger partial charge in [0.1, 0.15) is 16.8 Å². The summed E-state index contributed by atoms with van der Waals surface area (Å²) in [7, 11) is 2.64. The van der Waals surface area contributed by atoms with Crippen molar-refractivity contribution in [2.24, 2.45) is 0 Å². The molecule has 0 unspecified atom stereocenters. The summed E-state index contributed by atoms with van der Waals surface area (Å²) in [6.45, 7) is 28.0. The molecule has 0 radical (unpaired) electrons. The number of aliphatic carboxylic acids is 2. The molecule has 8 saturated heterocycles. The third-order valence-electron chi connectivity index (χ3n) is 14.3. The van der Waals surface area contributed by atoms with Crippen molar-refractivity contribution in [3.8, 4) is 0 Å². The van der Waals surface area contributed by atoms with Crippen molar-refractivity contribution in [2.45, 2.75) is 162 Å². The molecule has 98 heavy (non-hydrogen) atoms. The first-order chi connectivity index (χ1) is 43.9. The maximum absolute atomic E-state index is 12.3. The third-order valence-corrected chi connectivity index (χ3v) is 14.3. The van der Waals surface area contributed by atoms with E-state index in [0.29, 0.717) is 104 Å². The number of hydrogen-bond donors (Lipinski definition) is 3. The quantitative estimate of drug-likeness (QED) is 0.0706. The largest absolute Gasteiger partial charge is 1.00 e. The SMILES string of the molecule is C.C=CC(=O)OC.CC(C)(C)OC(=O)N1CCN2C(=O)N(CCC(=O)O)C[C@@H]2C1.CC(C)(C)OC(=O)N1CCN2C(=O)NC[C@@H]2C1.COC(=O)CCN1C[C@@H]2CN(C(=O)OC(C)(C)C)CCN2C1=O.O=C(O)CCN1C[C@@H]2CCCCN2C1=O.O=CC(F)(F)F.O=CC(F)(F)F.[Li+].[OH-]. The molecular formula is C59H96F6LiN11O21. The van der Waals surface area contributed by atoms with Gasteiger partial charge in [0, 0.05) is 117 Å². The molecule has 39 heteroatoms. The number of amides is 11. The van der Waals surface area contributed by atoms with Gasteiger partial charge >= 0.3 is 97.5 Å². The Morgan fingerprint density at radius 3 is 1.13 bits per heavy atom. The predicted octanol–water partition coefficient (Wildman–Crippen LogP) is 2.41. The van der Waals surface area contributed by atoms with E-state index >= 15 is 0 Å². The third kappa shape index (κ3) is 33.5. The van der Waals surface area contributed by atoms with Crippen LogP contribution in [0.25, 0.3) is 0 Å². The van der Waals surface area contributed by atoms with Gasteiger partial charge < -0.3 is 93.7 Å². The number of carbonyl (C=O) groups excluding carboxylic acids is 11. The van der Waals surface area contributed by atoms with Crippen LogP contribution in [-0.4, -0.2) is 322 Å². The Morgan fingerprint density at radius 1 is 0.510 bits per heavy atom. The first kappa shape index (κ1) is 92.0. The minimum atomic E-state index is -4.64. The van der Waals surface area contributed by atoms with Gasteiger partial charge in [-0.3, -0.25) is 24.0 Å². The number of piperazine rings is 3. The zero-order valence-corrected chi connectivity index (χ0v) is 56.9. The van der Waals surface area contributed by atoms with Gasteiger partial charge in [-0.25, -0.2) is 38.4 Å². The standard InChI is InChI=1S/C15H25N3O5.C14H23N3O5.C11H19N3O3.C10H16N2O3.C4H6O2.2C2HF3O.CH4.Li.H2O/c1-15(2,3)23-14(21)17-7-8-18-11(10-17)9-16(13(18)20)6-5-12(19)22-4;1-14(2,3)22-13(21)16-6-7-17-10(9-16)8-15(12(17)20)5-4-11(18)19;1-11(2,3)17-10(16)13-4-5-14-8(7-13)6-12-9(14)15;13-9(14)4-6-11-7-8-3-1-2-5-12(8)10(11)15;1-3-4(5)6-2;2*3-2(4,5)1-6;;;/h11H,5-10H2,1-4H3;10H,4-9H2,1-3H3,(H,18,19);8H,4-7H2,1-3H3,(H,12,15);8H,1-7H2,(H,13,14);3H,1H2,2H3;2*1H;1H4;;1H2/q;;;;;;;;+1;/p-1/t11-;10-;2*8-;;;;;;/m1110....../s1. The zero-order valence-electron chi connectivity index (χ0n) is 56.9. The molecule has 0 aromatic carbocycles. The zero-order chi connectivity index (χ0) is 72.6. The Kier molecular flexibility index (Phi) is 38.9. The summed E-state index contributed by atoms with van der Waals surface area (Å²) >= 11 is 0. The average molecular weight is 1420 g/mol. The molecule has 0 aromatic heterocycles. The number of nitrogens with one attached hydrogen (secondary N) is 1. The van der Waals surface area contributed by atoms with Crippen LogP contribution in [-0.2, 0) is 52.5 Å². The summed E-state index contributed by atoms with van der Waals surface area (Å²) in [5.74, 6) is -2.49. The summed E-state index contributed by atoms with van der Waals surface area (Å²) in [6, 6.07) is 0.0467. The molecule has 8 heterocycles. The minimum Gasteiger partial charge on any atom is -0.870 e. The Bertz CT molecular complexity index is 2670. The molecule has 4 atom stereocenters. The normalized spacial score (nSPS) is 19.8. The Morgan fingerprint density at radius 2 is 0.837 bits per heavy atom. The van der Waals surface area contributed by atoms with Crippen LogP contribution in [0.15, 0.2) is 12.7 Å². The second-order valence-electron chi connectivity index (χ2n) is 25.2. The number of alkyl halides is 6. The molecule has 0 aliphatic carbocycles. The van der Waals surface area contributed by atoms with Crippen molar-refractivity contribution in [3.05, 3.63) is 12.7 Å². The van der Waals surface area contributed by atoms with Gasteiger partial charge in [-0.1, -0.05) is 14.0 Å². The Labute approximate surface area is 577 Å². The number of piperidine rings is 1. The molecule has 0 bridgehead atoms. The van der Waals surface area contributed by atoms with Gasteiger partial charge in [-0.15, -0.1) is 0 Å². The number of rotatable bonds is 10. The molecule has 11 amide bonds. The number of methoxy groups -OCH3 is 2. The number of hydrogen-bond acceptors (Lipinski definition) is 19. The summed E-state index contributed by atoms with van der Waals surface area (Å²) in [6.07, 6.45) is -7.82. The topological polar surface area (TPSA) is 383 Å². The molecule has 0 spiro atoms. The average Bonchev–Trinajstić information content (AvgIpc) is 1.65. The van der Waals surface area contributed by atoms with E-state index in [1.807, 2.05) is 67.2 Å². The number of urea groups is 4. The van der Waals surface area contributed by atoms with Gasteiger partial charge in [0.05, 0.1) is 57.6 Å². The van der Waals surface area contributed by atoms with Crippen LogP contribution in [0.3, 0.4) is 0 Å². The van der Waals surface area contributed by atoms with Crippen LogP contribution in [0.2, 0.25) is 0 Å². The van der Waals surface area contributed by atoms with Crippen molar-refractivity contribution in [3.63, 3.8) is 0 Å². The van der Waals surface area contributed by atoms with E-state index in [1.54, 1.807) is 39.2 Å². The molecule has 8 aliphatic heterocycles. The monoisotopic (exact) mass is 1420 g/mol. The molecule has 8 fully saturated rings. The fourth-order valence-corrected chi connectivity index (χ4v) is 10.0. The maximum Gasteiger partial charge on any atom is 1.00 e. The second-order valence-corrected chi connectivity index (χ2v) is 25.2. The number of carboxylic acid groups (broad SMARTS) is 2. The first-order valence-corrected chi connectivity index (χ1v) is 30.3. The molecule has 556 valence electrons. The molecule has 8 rings (SSSR count). The fourth-order valence-electron chi connectivity index (χ4n) is 10.0. The Balaban J connectivity index is 0. The number of fused-ring (bicyclic) bond motifs is 4. The minimum absolute atomic E-state index is 0. The Hall–Kier alpha value is -8.01. The van der Waals surface area contributed by atoms with Crippen LogP contribution in [0.4, 0.5) is 59.9 Å². The number of aldehydes is 2. The number of ether oxygens (including phenoxy) is 5. The van der Waals surface area contributed by atoms with Crippen LogP contribution in [0, 0.1) is 0 Å². The van der Waals surface area contributed by atoms with E-state index in [4.69, 9.17) is 34.0 Å². The van der Waals surface area contributed by atoms with Crippen molar-refractivity contribution in [1.29, 1.82) is 0 Å². The van der Waals surface area contributed by atoms with E-state index in [1.165, 1.54) is 25.5 Å². The summed E-state index contributed by atoms with van der Waals surface area (Å²) in [5, 5.41) is 20.1. The van der Waals surface area contributed by atoms with Gasteiger partial charge in [0.15, 0.2) is 0 Å². The van der Waals surface area contributed by atoms with Gasteiger partial charge in [0.2, 0.25) is 12.6 Å². The predicted molar refractivity (Wildman–Crippen MR) is 330 cm³/mol. The fraction of sp³-hybridized carbons (Fsp3) is 0.746. The number of carbonyl (C=O) groups is 13. The van der Waals surface area contributed by atoms with Crippen molar-refractivity contribution in [2.75, 3.05) is 125 Å². The number of nitrogens with zero attached hydrogens (tertiary/aromatic N) is 10. The van der Waals surface area contributed by atoms with E-state index in [2.05, 4.69) is 21.4 Å². The number of esters is 2. The molecule has 0 saturated carbocycles. The molecular weight excluding hydrogens is 1320 g/mol. The summed E-state index contributed by atoms with van der Waals surface area (Å²) in [4.78, 5) is 160. The summed E-state index contributed by atoms with van der Waals surface area (Å²) < 4.78 is 87.3. The van der Waals surface area contributed by atoms with Crippen molar-refractivity contribution < 1.29 is 147 Å². The number of carboxylic acids is 2. The number of halogens is 6. The van der Waals surface area contributed by atoms with E-state index in [-0.39, 0.29) is 124 Å². The van der Waals surface area contributed by atoms with Crippen molar-refractivity contribution in [1.82, 2.24) is 54.3 Å². The smallest absolute Gasteiger partial charge is 0.870 e. The molecule has 4 N–H and O–H groups in total. The molecule has 32 nitrogen and oxygen atoms in total. The van der Waals surface area contributed by atoms with Crippen LogP contribution in [0.1, 0.15) is 108 Å². The van der Waals surface area contributed by atoms with E-state index in [0.717, 1.165) is 25.5 Å². The van der Waals surface area contributed by atoms with Crippen LogP contribution in [0.5, 0.6) is 0 Å². The second kappa shape index (κ2) is 41.4. The maximum atomic E-state index is 12.3. The molecule has 8 aliphatic rings. The van der Waals surface area contributed by atoms with E-state index < -0.39 is 59.6 Å². The molecule has 0 aromatic rings. The van der Waals surface area contributed by atoms with E-state index in [9.17, 15) is 79.1 Å². The van der Waals surface area contributed by atoms with Crippen molar-refractivity contribution >= 4 is 78.9 Å². The van der Waals surface area contributed by atoms with Gasteiger partial charge in [0.25, 0.3) is 0 Å².